The van der Waals surface area contributed by atoms with Crippen LogP contribution in [-0.2, 0) is 0 Å². The fourth-order valence-electron chi connectivity index (χ4n) is 0.722. The van der Waals surface area contributed by atoms with E-state index >= 15 is 0 Å². The number of rotatable bonds is 3. The number of aliphatic hydroxyl groups is 1. The first kappa shape index (κ1) is 7.87. The maximum Gasteiger partial charge on any atom is 0.142 e. The van der Waals surface area contributed by atoms with Crippen molar-refractivity contribution in [3.63, 3.8) is 0 Å². The van der Waals surface area contributed by atoms with Crippen LogP contribution in [0.1, 0.15) is 6.92 Å². The molecule has 1 rings (SSSR count). The molecule has 1 heterocycles. The van der Waals surface area contributed by atoms with Gasteiger partial charge in [-0.15, -0.1) is 0 Å². The minimum atomic E-state index is -0.00472. The Bertz CT molecular complexity index is 222. The Hall–Kier alpha value is -1.23. The lowest BCUT2D eigenvalue weighted by Crippen LogP contribution is -2.19. The molecule has 11 heavy (non-hydrogen) atoms. The van der Waals surface area contributed by atoms with Crippen LogP contribution in [0.25, 0.3) is 0 Å². The number of aromatic amines is 1. The highest BCUT2D eigenvalue weighted by Gasteiger charge is 2.03. The zero-order chi connectivity index (χ0) is 8.27. The smallest absolute Gasteiger partial charge is 0.142 e. The van der Waals surface area contributed by atoms with E-state index in [0.717, 1.165) is 5.69 Å². The molecule has 0 aliphatic heterocycles. The van der Waals surface area contributed by atoms with Crippen LogP contribution in [0.4, 0.5) is 11.5 Å². The van der Waals surface area contributed by atoms with Gasteiger partial charge in [0.1, 0.15) is 5.82 Å². The SMILES string of the molecule is CC(CO)Nc1cn[nH]c1N. The Morgan fingerprint density at radius 1 is 1.91 bits per heavy atom. The molecule has 0 amide bonds. The number of anilines is 2. The maximum atomic E-state index is 8.69. The fourth-order valence-corrected chi connectivity index (χ4v) is 0.722. The van der Waals surface area contributed by atoms with Gasteiger partial charge < -0.3 is 16.2 Å². The second kappa shape index (κ2) is 3.25. The summed E-state index contributed by atoms with van der Waals surface area (Å²) in [4.78, 5) is 0. The molecule has 1 aromatic heterocycles. The molecule has 0 aromatic carbocycles. The maximum absolute atomic E-state index is 8.69. The van der Waals surface area contributed by atoms with Crippen molar-refractivity contribution in [2.75, 3.05) is 17.7 Å². The highest BCUT2D eigenvalue weighted by atomic mass is 16.3. The van der Waals surface area contributed by atoms with Gasteiger partial charge in [-0.1, -0.05) is 0 Å². The van der Waals surface area contributed by atoms with Gasteiger partial charge in [0.05, 0.1) is 18.5 Å². The summed E-state index contributed by atoms with van der Waals surface area (Å²) in [5.41, 5.74) is 6.21. The largest absolute Gasteiger partial charge is 0.394 e. The summed E-state index contributed by atoms with van der Waals surface area (Å²) in [7, 11) is 0. The third-order valence-electron chi connectivity index (χ3n) is 1.34. The van der Waals surface area contributed by atoms with Gasteiger partial charge in [0.25, 0.3) is 0 Å². The van der Waals surface area contributed by atoms with Crippen molar-refractivity contribution in [2.24, 2.45) is 0 Å². The molecule has 0 radical (unpaired) electrons. The van der Waals surface area contributed by atoms with E-state index in [1.807, 2.05) is 6.92 Å². The van der Waals surface area contributed by atoms with E-state index in [4.69, 9.17) is 10.8 Å². The number of nitrogens with zero attached hydrogens (tertiary/aromatic N) is 1. The average Bonchev–Trinajstić information content (AvgIpc) is 2.37. The lowest BCUT2D eigenvalue weighted by atomic mass is 10.3. The third kappa shape index (κ3) is 1.84. The van der Waals surface area contributed by atoms with Gasteiger partial charge in [-0.05, 0) is 6.92 Å². The van der Waals surface area contributed by atoms with Gasteiger partial charge in [0.15, 0.2) is 0 Å². The van der Waals surface area contributed by atoms with E-state index in [1.165, 1.54) is 0 Å². The number of nitrogens with two attached hydrogens (primary N) is 1. The minimum Gasteiger partial charge on any atom is -0.394 e. The van der Waals surface area contributed by atoms with E-state index in [9.17, 15) is 0 Å². The fraction of sp³-hybridized carbons (Fsp3) is 0.500. The van der Waals surface area contributed by atoms with E-state index in [1.54, 1.807) is 6.20 Å². The molecule has 1 aromatic rings. The normalized spacial score (nSPS) is 12.9. The van der Waals surface area contributed by atoms with Gasteiger partial charge >= 0.3 is 0 Å². The first-order valence-corrected chi connectivity index (χ1v) is 3.40. The predicted molar refractivity (Wildman–Crippen MR) is 43.2 cm³/mol. The van der Waals surface area contributed by atoms with Crippen molar-refractivity contribution in [1.82, 2.24) is 10.2 Å². The van der Waals surface area contributed by atoms with Crippen LogP contribution in [0.3, 0.4) is 0 Å². The number of aliphatic hydroxyl groups excluding tert-OH is 1. The number of nitrogen functional groups attached to an aromatic ring is 1. The quantitative estimate of drug-likeness (QED) is 0.487. The van der Waals surface area contributed by atoms with Gasteiger partial charge in [-0.2, -0.15) is 5.10 Å². The molecule has 0 spiro atoms. The molecule has 5 nitrogen and oxygen atoms in total. The molecule has 0 aliphatic carbocycles. The number of hydrogen-bond acceptors (Lipinski definition) is 4. The Balaban J connectivity index is 2.56. The van der Waals surface area contributed by atoms with Gasteiger partial charge in [0.2, 0.25) is 0 Å². The lowest BCUT2D eigenvalue weighted by molar-refractivity contribution is 0.281. The molecule has 1 atom stereocenters. The van der Waals surface area contributed by atoms with Gasteiger partial charge in [-0.25, -0.2) is 0 Å². The van der Waals surface area contributed by atoms with Crippen LogP contribution in [-0.4, -0.2) is 28.0 Å². The molecular weight excluding hydrogens is 144 g/mol. The summed E-state index contributed by atoms with van der Waals surface area (Å²) < 4.78 is 0. The first-order chi connectivity index (χ1) is 5.24. The van der Waals surface area contributed by atoms with E-state index in [-0.39, 0.29) is 12.6 Å². The third-order valence-corrected chi connectivity index (χ3v) is 1.34. The Kier molecular flexibility index (Phi) is 2.32. The molecule has 0 bridgehead atoms. The standard InChI is InChI=1S/C6H12N4O/c1-4(3-11)9-5-2-8-10-6(5)7/h2,4,9,11H,3H2,1H3,(H3,7,8,10). The van der Waals surface area contributed by atoms with Crippen molar-refractivity contribution < 1.29 is 5.11 Å². The molecule has 1 unspecified atom stereocenters. The Labute approximate surface area is 64.6 Å². The Morgan fingerprint density at radius 3 is 3.09 bits per heavy atom. The van der Waals surface area contributed by atoms with Crippen LogP contribution < -0.4 is 11.1 Å². The van der Waals surface area contributed by atoms with Crippen LogP contribution in [0.5, 0.6) is 0 Å². The molecular formula is C6H12N4O. The molecule has 62 valence electrons. The molecule has 0 aliphatic rings. The summed E-state index contributed by atoms with van der Waals surface area (Å²) >= 11 is 0. The highest BCUT2D eigenvalue weighted by Crippen LogP contribution is 2.13. The number of nitrogens with one attached hydrogen (secondary N) is 2. The zero-order valence-corrected chi connectivity index (χ0v) is 6.33. The van der Waals surface area contributed by atoms with Crippen LogP contribution in [0, 0.1) is 0 Å². The van der Waals surface area contributed by atoms with Crippen molar-refractivity contribution in [1.29, 1.82) is 0 Å². The molecule has 0 saturated carbocycles. The van der Waals surface area contributed by atoms with Gasteiger partial charge in [-0.3, -0.25) is 5.10 Å². The average molecular weight is 156 g/mol. The van der Waals surface area contributed by atoms with E-state index in [0.29, 0.717) is 5.82 Å². The van der Waals surface area contributed by atoms with Crippen molar-refractivity contribution >= 4 is 11.5 Å². The summed E-state index contributed by atoms with van der Waals surface area (Å²) in [6, 6.07) is -0.00472. The zero-order valence-electron chi connectivity index (χ0n) is 6.33. The topological polar surface area (TPSA) is 87.0 Å². The van der Waals surface area contributed by atoms with Crippen molar-refractivity contribution in [2.45, 2.75) is 13.0 Å². The minimum absolute atomic E-state index is 0.00472. The van der Waals surface area contributed by atoms with Crippen molar-refractivity contribution in [3.05, 3.63) is 6.20 Å². The summed E-state index contributed by atoms with van der Waals surface area (Å²) in [6.07, 6.45) is 1.58. The van der Waals surface area contributed by atoms with Crippen LogP contribution in [0.15, 0.2) is 6.20 Å². The number of aromatic nitrogens is 2. The van der Waals surface area contributed by atoms with Crippen molar-refractivity contribution in [3.8, 4) is 0 Å². The Morgan fingerprint density at radius 2 is 2.64 bits per heavy atom. The summed E-state index contributed by atoms with van der Waals surface area (Å²) in [5.74, 6) is 0.491. The van der Waals surface area contributed by atoms with Crippen LogP contribution >= 0.6 is 0 Å². The summed E-state index contributed by atoms with van der Waals surface area (Å²) in [6.45, 7) is 1.93. The van der Waals surface area contributed by atoms with Crippen LogP contribution in [0.2, 0.25) is 0 Å². The van der Waals surface area contributed by atoms with E-state index in [2.05, 4.69) is 15.5 Å². The predicted octanol–water partition coefficient (Wildman–Crippen LogP) is -0.215. The number of H-pyrrole nitrogens is 1. The second-order valence-corrected chi connectivity index (χ2v) is 2.43. The summed E-state index contributed by atoms with van der Waals surface area (Å²) in [5, 5.41) is 18.0. The lowest BCUT2D eigenvalue weighted by Gasteiger charge is -2.09. The van der Waals surface area contributed by atoms with Gasteiger partial charge in [0, 0.05) is 6.04 Å². The monoisotopic (exact) mass is 156 g/mol. The van der Waals surface area contributed by atoms with E-state index < -0.39 is 0 Å². The second-order valence-electron chi connectivity index (χ2n) is 2.43. The molecule has 0 fully saturated rings. The first-order valence-electron chi connectivity index (χ1n) is 3.40. The highest BCUT2D eigenvalue weighted by molar-refractivity contribution is 5.60. The number of hydrogen-bond donors (Lipinski definition) is 4. The molecule has 5 heteroatoms. The molecule has 0 saturated heterocycles. The molecule has 5 N–H and O–H groups in total.